The van der Waals surface area contributed by atoms with E-state index in [1.54, 1.807) is 23.3 Å². The summed E-state index contributed by atoms with van der Waals surface area (Å²) in [7, 11) is 0. The Morgan fingerprint density at radius 1 is 1.23 bits per heavy atom. The number of nitrogens with one attached hydrogen (secondary N) is 1. The van der Waals surface area contributed by atoms with Crippen LogP contribution in [-0.4, -0.2) is 18.4 Å². The van der Waals surface area contributed by atoms with Crippen LogP contribution in [0.5, 0.6) is 0 Å². The highest BCUT2D eigenvalue weighted by Crippen LogP contribution is 2.40. The third-order valence-corrected chi connectivity index (χ3v) is 3.99. The molecule has 5 nitrogen and oxygen atoms in total. The summed E-state index contributed by atoms with van der Waals surface area (Å²) in [6.07, 6.45) is 1.56. The van der Waals surface area contributed by atoms with Crippen LogP contribution in [0.25, 0.3) is 0 Å². The zero-order valence-corrected chi connectivity index (χ0v) is 12.6. The minimum absolute atomic E-state index is 0.0139. The number of anilines is 1. The Hall–Kier alpha value is -2.56. The van der Waals surface area contributed by atoms with Crippen LogP contribution in [0.3, 0.4) is 0 Å². The third kappa shape index (κ3) is 2.39. The monoisotopic (exact) mass is 298 g/mol. The maximum atomic E-state index is 12.6. The van der Waals surface area contributed by atoms with E-state index in [2.05, 4.69) is 5.32 Å². The Balaban J connectivity index is 1.72. The molecular formula is C17H18N2O3. The van der Waals surface area contributed by atoms with Crippen LogP contribution >= 0.6 is 0 Å². The normalized spacial score (nSPS) is 15.7. The number of hydrogen-bond acceptors (Lipinski definition) is 3. The number of furan rings is 1. The third-order valence-electron chi connectivity index (χ3n) is 3.99. The van der Waals surface area contributed by atoms with Crippen molar-refractivity contribution in [3.8, 4) is 0 Å². The van der Waals surface area contributed by atoms with Crippen molar-refractivity contribution in [2.24, 2.45) is 0 Å². The van der Waals surface area contributed by atoms with Gasteiger partial charge in [0.1, 0.15) is 12.3 Å². The first-order chi connectivity index (χ1) is 10.5. The number of amides is 2. The molecule has 0 bridgehead atoms. The Morgan fingerprint density at radius 2 is 2.00 bits per heavy atom. The second kappa shape index (κ2) is 5.33. The van der Waals surface area contributed by atoms with Gasteiger partial charge in [0.25, 0.3) is 0 Å². The highest BCUT2D eigenvalue weighted by Gasteiger charge is 2.43. The molecule has 0 atom stereocenters. The van der Waals surface area contributed by atoms with Gasteiger partial charge in [-0.05, 0) is 37.6 Å². The number of benzene rings is 1. The van der Waals surface area contributed by atoms with Gasteiger partial charge in [-0.15, -0.1) is 0 Å². The van der Waals surface area contributed by atoms with E-state index in [1.807, 2.05) is 38.1 Å². The van der Waals surface area contributed by atoms with Gasteiger partial charge in [0, 0.05) is 5.69 Å². The van der Waals surface area contributed by atoms with Crippen molar-refractivity contribution >= 4 is 17.5 Å². The molecule has 0 fully saturated rings. The van der Waals surface area contributed by atoms with E-state index in [4.69, 9.17) is 4.42 Å². The summed E-state index contributed by atoms with van der Waals surface area (Å²) in [5.74, 6) is 0.418. The minimum atomic E-state index is -0.599. The highest BCUT2D eigenvalue weighted by molar-refractivity contribution is 6.10. The lowest BCUT2D eigenvalue weighted by Gasteiger charge is -2.19. The van der Waals surface area contributed by atoms with Gasteiger partial charge < -0.3 is 14.6 Å². The Kier molecular flexibility index (Phi) is 3.48. The molecular weight excluding hydrogens is 280 g/mol. The predicted molar refractivity (Wildman–Crippen MR) is 82.4 cm³/mol. The van der Waals surface area contributed by atoms with Gasteiger partial charge >= 0.3 is 0 Å². The van der Waals surface area contributed by atoms with E-state index >= 15 is 0 Å². The molecule has 0 radical (unpaired) electrons. The van der Waals surface area contributed by atoms with Crippen LogP contribution in [0, 0.1) is 0 Å². The van der Waals surface area contributed by atoms with Crippen molar-refractivity contribution in [2.75, 3.05) is 11.4 Å². The van der Waals surface area contributed by atoms with Crippen LogP contribution in [0.2, 0.25) is 0 Å². The zero-order chi connectivity index (χ0) is 15.7. The number of carbonyl (C=O) groups is 2. The van der Waals surface area contributed by atoms with E-state index < -0.39 is 5.41 Å². The summed E-state index contributed by atoms with van der Waals surface area (Å²) >= 11 is 0. The summed E-state index contributed by atoms with van der Waals surface area (Å²) in [6, 6.07) is 11.2. The van der Waals surface area contributed by atoms with Crippen molar-refractivity contribution in [1.29, 1.82) is 0 Å². The maximum absolute atomic E-state index is 12.6. The molecule has 0 spiro atoms. The molecule has 1 aromatic heterocycles. The Bertz CT molecular complexity index is 704. The Labute approximate surface area is 128 Å². The average molecular weight is 298 g/mol. The molecule has 0 saturated heterocycles. The van der Waals surface area contributed by atoms with E-state index in [1.165, 1.54) is 0 Å². The topological polar surface area (TPSA) is 62.6 Å². The summed E-state index contributed by atoms with van der Waals surface area (Å²) in [5.41, 5.74) is 1.17. The molecule has 0 aliphatic carbocycles. The van der Waals surface area contributed by atoms with Crippen molar-refractivity contribution in [2.45, 2.75) is 25.8 Å². The second-order valence-corrected chi connectivity index (χ2v) is 5.89. The fourth-order valence-corrected chi connectivity index (χ4v) is 2.75. The largest absolute Gasteiger partial charge is 0.467 e. The van der Waals surface area contributed by atoms with Crippen LogP contribution < -0.4 is 10.2 Å². The molecule has 5 heteroatoms. The molecule has 1 aromatic carbocycles. The summed E-state index contributed by atoms with van der Waals surface area (Å²) < 4.78 is 5.17. The molecule has 1 aliphatic rings. The number of rotatable bonds is 4. The predicted octanol–water partition coefficient (Wildman–Crippen LogP) is 2.22. The molecule has 114 valence electrons. The summed E-state index contributed by atoms with van der Waals surface area (Å²) in [6.45, 7) is 4.10. The van der Waals surface area contributed by atoms with Crippen molar-refractivity contribution in [3.05, 3.63) is 54.0 Å². The molecule has 22 heavy (non-hydrogen) atoms. The first-order valence-corrected chi connectivity index (χ1v) is 7.20. The van der Waals surface area contributed by atoms with Crippen molar-refractivity contribution < 1.29 is 14.0 Å². The molecule has 2 heterocycles. The first-order valence-electron chi connectivity index (χ1n) is 7.20. The van der Waals surface area contributed by atoms with Crippen molar-refractivity contribution in [3.63, 3.8) is 0 Å². The summed E-state index contributed by atoms with van der Waals surface area (Å²) in [4.78, 5) is 26.2. The molecule has 0 saturated carbocycles. The number of nitrogens with zero attached hydrogens (tertiary/aromatic N) is 1. The Morgan fingerprint density at radius 3 is 2.73 bits per heavy atom. The number of carbonyl (C=O) groups excluding carboxylic acids is 2. The summed E-state index contributed by atoms with van der Waals surface area (Å²) in [5, 5.41) is 2.76. The lowest BCUT2D eigenvalue weighted by Crippen LogP contribution is -2.42. The number of hydrogen-bond donors (Lipinski definition) is 1. The van der Waals surface area contributed by atoms with E-state index in [-0.39, 0.29) is 18.4 Å². The lowest BCUT2D eigenvalue weighted by atomic mass is 9.86. The maximum Gasteiger partial charge on any atom is 0.240 e. The smallest absolute Gasteiger partial charge is 0.240 e. The molecule has 1 N–H and O–H groups in total. The van der Waals surface area contributed by atoms with Crippen LogP contribution in [-0.2, 0) is 21.5 Å². The van der Waals surface area contributed by atoms with Crippen LogP contribution in [0.15, 0.2) is 47.1 Å². The van der Waals surface area contributed by atoms with Gasteiger partial charge in [0.2, 0.25) is 11.8 Å². The van der Waals surface area contributed by atoms with Gasteiger partial charge in [-0.2, -0.15) is 0 Å². The molecule has 2 amide bonds. The van der Waals surface area contributed by atoms with E-state index in [9.17, 15) is 9.59 Å². The van der Waals surface area contributed by atoms with Gasteiger partial charge in [-0.1, -0.05) is 18.2 Å². The standard InChI is InChI=1S/C17H18N2O3/c1-17(2)13-7-3-4-8-14(13)19(16(17)21)11-15(20)18-10-12-6-5-9-22-12/h3-9H,10-11H2,1-2H3,(H,18,20). The van der Waals surface area contributed by atoms with Crippen molar-refractivity contribution in [1.82, 2.24) is 5.32 Å². The molecule has 2 aromatic rings. The lowest BCUT2D eigenvalue weighted by molar-refractivity contribution is -0.125. The average Bonchev–Trinajstić information content (AvgIpc) is 3.08. The number of fused-ring (bicyclic) bond motifs is 1. The van der Waals surface area contributed by atoms with Gasteiger partial charge in [-0.25, -0.2) is 0 Å². The first kappa shape index (κ1) is 14.4. The van der Waals surface area contributed by atoms with Crippen LogP contribution in [0.4, 0.5) is 5.69 Å². The fraction of sp³-hybridized carbons (Fsp3) is 0.294. The SMILES string of the molecule is CC1(C)C(=O)N(CC(=O)NCc2ccco2)c2ccccc21. The van der Waals surface area contributed by atoms with Gasteiger partial charge in [0.15, 0.2) is 0 Å². The van der Waals surface area contributed by atoms with E-state index in [0.29, 0.717) is 12.3 Å². The zero-order valence-electron chi connectivity index (χ0n) is 12.6. The van der Waals surface area contributed by atoms with E-state index in [0.717, 1.165) is 11.3 Å². The van der Waals surface area contributed by atoms with Crippen LogP contribution in [0.1, 0.15) is 25.2 Å². The number of para-hydroxylation sites is 1. The minimum Gasteiger partial charge on any atom is -0.467 e. The van der Waals surface area contributed by atoms with Gasteiger partial charge in [-0.3, -0.25) is 9.59 Å². The second-order valence-electron chi connectivity index (χ2n) is 5.89. The molecule has 1 aliphatic heterocycles. The quantitative estimate of drug-likeness (QED) is 0.941. The highest BCUT2D eigenvalue weighted by atomic mass is 16.3. The molecule has 0 unspecified atom stereocenters. The molecule has 3 rings (SSSR count). The fourth-order valence-electron chi connectivity index (χ4n) is 2.75. The van der Waals surface area contributed by atoms with Gasteiger partial charge in [0.05, 0.1) is 18.2 Å².